The molecular weight excluding hydrogens is 385 g/mol. The predicted molar refractivity (Wildman–Crippen MR) is 88.0 cm³/mol. The predicted octanol–water partition coefficient (Wildman–Crippen LogP) is 2.17. The van der Waals surface area contributed by atoms with Crippen molar-refractivity contribution in [1.29, 1.82) is 0 Å². The number of alkyl halides is 3. The van der Waals surface area contributed by atoms with Crippen molar-refractivity contribution >= 4 is 21.8 Å². The van der Waals surface area contributed by atoms with Gasteiger partial charge in [0.15, 0.2) is 0 Å². The Labute approximate surface area is 152 Å². The fraction of sp³-hybridized carbons (Fsp3) is 0.176. The number of rotatable bonds is 4. The average molecular weight is 398 g/mol. The molecule has 2 amide bonds. The first-order chi connectivity index (χ1) is 12.6. The van der Waals surface area contributed by atoms with E-state index in [0.717, 1.165) is 12.1 Å². The molecule has 10 heteroatoms. The van der Waals surface area contributed by atoms with Crippen LogP contribution in [0.3, 0.4) is 0 Å². The maximum absolute atomic E-state index is 12.7. The Kier molecular flexibility index (Phi) is 4.68. The Bertz CT molecular complexity index is 1020. The number of nitrogens with zero attached hydrogens (tertiary/aromatic N) is 1. The van der Waals surface area contributed by atoms with E-state index in [2.05, 4.69) is 5.32 Å². The van der Waals surface area contributed by atoms with Crippen molar-refractivity contribution in [3.63, 3.8) is 0 Å². The molecule has 27 heavy (non-hydrogen) atoms. The van der Waals surface area contributed by atoms with Crippen molar-refractivity contribution in [3.8, 4) is 0 Å². The Hall–Kier alpha value is -2.88. The van der Waals surface area contributed by atoms with Crippen LogP contribution in [0.1, 0.15) is 21.5 Å². The molecular formula is C17H13F3N2O4S. The number of amides is 2. The molecule has 0 saturated carbocycles. The highest BCUT2D eigenvalue weighted by molar-refractivity contribution is 7.90. The quantitative estimate of drug-likeness (QED) is 0.856. The SMILES string of the molecule is O=C(CN1C(=O)c2ccccc2S1(=O)=O)NCc1cccc(C(F)(F)F)c1. The average Bonchev–Trinajstić information content (AvgIpc) is 2.81. The molecule has 0 aliphatic carbocycles. The van der Waals surface area contributed by atoms with Crippen molar-refractivity contribution in [2.45, 2.75) is 17.6 Å². The van der Waals surface area contributed by atoms with Crippen molar-refractivity contribution in [2.24, 2.45) is 0 Å². The number of benzene rings is 2. The van der Waals surface area contributed by atoms with Crippen molar-refractivity contribution in [3.05, 3.63) is 65.2 Å². The highest BCUT2D eigenvalue weighted by atomic mass is 32.2. The summed E-state index contributed by atoms with van der Waals surface area (Å²) in [6.07, 6.45) is -4.51. The minimum absolute atomic E-state index is 0.0248. The van der Waals surface area contributed by atoms with E-state index in [1.165, 1.54) is 36.4 Å². The second-order valence-electron chi connectivity index (χ2n) is 5.79. The van der Waals surface area contributed by atoms with Gasteiger partial charge in [0, 0.05) is 6.54 Å². The molecule has 0 spiro atoms. The zero-order valence-electron chi connectivity index (χ0n) is 13.7. The molecule has 0 saturated heterocycles. The van der Waals surface area contributed by atoms with Crippen LogP contribution < -0.4 is 5.32 Å². The summed E-state index contributed by atoms with van der Waals surface area (Å²) in [5.41, 5.74) is -0.692. The van der Waals surface area contributed by atoms with Gasteiger partial charge >= 0.3 is 6.18 Å². The maximum Gasteiger partial charge on any atom is 0.416 e. The molecule has 1 heterocycles. The Morgan fingerprint density at radius 2 is 1.78 bits per heavy atom. The molecule has 2 aromatic carbocycles. The lowest BCUT2D eigenvalue weighted by molar-refractivity contribution is -0.137. The minimum atomic E-state index is -4.51. The summed E-state index contributed by atoms with van der Waals surface area (Å²) in [7, 11) is -4.13. The van der Waals surface area contributed by atoms with Crippen LogP contribution in [0.4, 0.5) is 13.2 Å². The van der Waals surface area contributed by atoms with Crippen LogP contribution in [0, 0.1) is 0 Å². The van der Waals surface area contributed by atoms with Crippen LogP contribution in [0.25, 0.3) is 0 Å². The van der Waals surface area contributed by atoms with Gasteiger partial charge in [0.05, 0.1) is 11.1 Å². The molecule has 1 N–H and O–H groups in total. The van der Waals surface area contributed by atoms with Crippen LogP contribution in [0.2, 0.25) is 0 Å². The molecule has 2 aromatic rings. The smallest absolute Gasteiger partial charge is 0.350 e. The first-order valence-electron chi connectivity index (χ1n) is 7.69. The van der Waals surface area contributed by atoms with Gasteiger partial charge in [-0.1, -0.05) is 24.3 Å². The second-order valence-corrected chi connectivity index (χ2v) is 7.62. The van der Waals surface area contributed by atoms with Gasteiger partial charge in [-0.25, -0.2) is 12.7 Å². The van der Waals surface area contributed by atoms with Crippen LogP contribution in [-0.4, -0.2) is 31.1 Å². The van der Waals surface area contributed by atoms with E-state index in [4.69, 9.17) is 0 Å². The number of carbonyl (C=O) groups excluding carboxylic acids is 2. The summed E-state index contributed by atoms with van der Waals surface area (Å²) < 4.78 is 63.3. The maximum atomic E-state index is 12.7. The molecule has 0 bridgehead atoms. The lowest BCUT2D eigenvalue weighted by atomic mass is 10.1. The minimum Gasteiger partial charge on any atom is -0.350 e. The van der Waals surface area contributed by atoms with E-state index in [0.29, 0.717) is 4.31 Å². The summed E-state index contributed by atoms with van der Waals surface area (Å²) in [4.78, 5) is 24.1. The molecule has 1 aliphatic heterocycles. The standard InChI is InChI=1S/C17H13F3N2O4S/c18-17(19,20)12-5-3-4-11(8-12)9-21-15(23)10-22-16(24)13-6-1-2-7-14(13)27(22,25)26/h1-8H,9-10H2,(H,21,23). The van der Waals surface area contributed by atoms with Gasteiger partial charge in [0.1, 0.15) is 11.4 Å². The van der Waals surface area contributed by atoms with Gasteiger partial charge in [-0.3, -0.25) is 9.59 Å². The lowest BCUT2D eigenvalue weighted by Gasteiger charge is -2.15. The molecule has 0 aromatic heterocycles. The van der Waals surface area contributed by atoms with E-state index < -0.39 is 40.1 Å². The summed E-state index contributed by atoms with van der Waals surface area (Å²) in [6, 6.07) is 9.95. The van der Waals surface area contributed by atoms with Gasteiger partial charge in [-0.15, -0.1) is 0 Å². The van der Waals surface area contributed by atoms with Gasteiger partial charge in [0.25, 0.3) is 15.9 Å². The number of hydrogen-bond donors (Lipinski definition) is 1. The van der Waals surface area contributed by atoms with Crippen molar-refractivity contribution in [1.82, 2.24) is 9.62 Å². The third-order valence-electron chi connectivity index (χ3n) is 3.94. The van der Waals surface area contributed by atoms with E-state index in [9.17, 15) is 31.2 Å². The van der Waals surface area contributed by atoms with Crippen molar-refractivity contribution < 1.29 is 31.2 Å². The molecule has 0 radical (unpaired) electrons. The molecule has 0 unspecified atom stereocenters. The zero-order valence-corrected chi connectivity index (χ0v) is 14.5. The fourth-order valence-electron chi connectivity index (χ4n) is 2.63. The van der Waals surface area contributed by atoms with Crippen LogP contribution in [0.5, 0.6) is 0 Å². The monoisotopic (exact) mass is 398 g/mol. The zero-order chi connectivity index (χ0) is 19.8. The van der Waals surface area contributed by atoms with Gasteiger partial charge in [-0.05, 0) is 29.8 Å². The van der Waals surface area contributed by atoms with Crippen LogP contribution in [-0.2, 0) is 27.5 Å². The van der Waals surface area contributed by atoms with Gasteiger partial charge in [0.2, 0.25) is 5.91 Å². The Morgan fingerprint density at radius 1 is 1.07 bits per heavy atom. The van der Waals surface area contributed by atoms with Gasteiger partial charge in [-0.2, -0.15) is 13.2 Å². The topological polar surface area (TPSA) is 83.6 Å². The molecule has 0 fully saturated rings. The number of fused-ring (bicyclic) bond motifs is 1. The Balaban J connectivity index is 1.68. The van der Waals surface area contributed by atoms with E-state index in [-0.39, 0.29) is 22.6 Å². The van der Waals surface area contributed by atoms with Crippen LogP contribution >= 0.6 is 0 Å². The fourth-order valence-corrected chi connectivity index (χ4v) is 4.16. The highest BCUT2D eigenvalue weighted by Crippen LogP contribution is 2.30. The number of hydrogen-bond acceptors (Lipinski definition) is 4. The normalized spacial score (nSPS) is 15.5. The highest BCUT2D eigenvalue weighted by Gasteiger charge is 2.41. The number of sulfonamides is 1. The summed E-state index contributed by atoms with van der Waals surface area (Å²) >= 11 is 0. The van der Waals surface area contributed by atoms with Crippen molar-refractivity contribution in [2.75, 3.05) is 6.54 Å². The first kappa shape index (κ1) is 18.9. The van der Waals surface area contributed by atoms with E-state index >= 15 is 0 Å². The molecule has 3 rings (SSSR count). The third kappa shape index (κ3) is 3.65. The second kappa shape index (κ2) is 6.69. The molecule has 0 atom stereocenters. The molecule has 6 nitrogen and oxygen atoms in total. The van der Waals surface area contributed by atoms with E-state index in [1.54, 1.807) is 0 Å². The summed E-state index contributed by atoms with van der Waals surface area (Å²) in [6.45, 7) is -0.993. The summed E-state index contributed by atoms with van der Waals surface area (Å²) in [5, 5.41) is 2.32. The van der Waals surface area contributed by atoms with E-state index in [1.807, 2.05) is 0 Å². The summed E-state index contributed by atoms with van der Waals surface area (Å²) in [5.74, 6) is -1.63. The largest absolute Gasteiger partial charge is 0.416 e. The first-order valence-corrected chi connectivity index (χ1v) is 9.13. The number of nitrogens with one attached hydrogen (secondary N) is 1. The van der Waals surface area contributed by atoms with Gasteiger partial charge < -0.3 is 5.32 Å². The lowest BCUT2D eigenvalue weighted by Crippen LogP contribution is -2.40. The Morgan fingerprint density at radius 3 is 2.44 bits per heavy atom. The number of halogens is 3. The number of carbonyl (C=O) groups is 2. The van der Waals surface area contributed by atoms with Crippen LogP contribution in [0.15, 0.2) is 53.4 Å². The molecule has 1 aliphatic rings. The third-order valence-corrected chi connectivity index (χ3v) is 5.73. The molecule has 142 valence electrons.